The molecule has 2 N–H and O–H groups in total. The lowest BCUT2D eigenvalue weighted by Crippen LogP contribution is -2.36. The summed E-state index contributed by atoms with van der Waals surface area (Å²) in [5, 5.41) is 0. The lowest BCUT2D eigenvalue weighted by molar-refractivity contribution is 0.706. The first-order valence-electron chi connectivity index (χ1n) is 5.92. The van der Waals surface area contributed by atoms with Crippen molar-refractivity contribution in [3.8, 4) is 0 Å². The Bertz CT molecular complexity index is 418. The van der Waals surface area contributed by atoms with E-state index in [4.69, 9.17) is 17.3 Å². The van der Waals surface area contributed by atoms with Crippen LogP contribution in [0.25, 0.3) is 0 Å². The van der Waals surface area contributed by atoms with E-state index in [9.17, 15) is 0 Å². The highest BCUT2D eigenvalue weighted by Crippen LogP contribution is 2.29. The fourth-order valence-electron chi connectivity index (χ4n) is 2.00. The third-order valence-electron chi connectivity index (χ3n) is 2.99. The largest absolute Gasteiger partial charge is 0.309 e. The van der Waals surface area contributed by atoms with Gasteiger partial charge in [0, 0.05) is 6.42 Å². The molecule has 1 nitrogen and oxygen atoms in total. The highest BCUT2D eigenvalue weighted by atomic mass is 35.5. The maximum absolute atomic E-state index is 6.22. The van der Waals surface area contributed by atoms with Crippen LogP contribution in [0.3, 0.4) is 0 Å². The van der Waals surface area contributed by atoms with Gasteiger partial charge in [0.15, 0.2) is 0 Å². The minimum Gasteiger partial charge on any atom is -0.309 e. The molecule has 2 heteroatoms. The number of alkyl halides is 1. The monoisotopic (exact) mass is 246 g/mol. The molecule has 0 bridgehead atoms. The fraction of sp³-hybridized carbons (Fsp3) is 0.267. The van der Waals surface area contributed by atoms with E-state index in [1.165, 1.54) is 5.56 Å². The highest BCUT2D eigenvalue weighted by Gasteiger charge is 2.26. The van der Waals surface area contributed by atoms with Gasteiger partial charge in [-0.1, -0.05) is 60.2 Å². The molecule has 0 saturated carbocycles. The molecular formula is C15H17ClN. The molecule has 1 radical (unpaired) electrons. The summed E-state index contributed by atoms with van der Waals surface area (Å²) in [5.41, 5.74) is 8.45. The summed E-state index contributed by atoms with van der Waals surface area (Å²) in [6.45, 7) is 0. The average Bonchev–Trinajstić information content (AvgIpc) is 2.32. The average molecular weight is 247 g/mol. The predicted molar refractivity (Wildman–Crippen MR) is 73.7 cm³/mol. The van der Waals surface area contributed by atoms with Crippen molar-refractivity contribution in [1.82, 2.24) is 0 Å². The number of hydrogen-bond acceptors (Lipinski definition) is 1. The molecular weight excluding hydrogens is 230 g/mol. The Morgan fingerprint density at radius 2 is 1.82 bits per heavy atom. The zero-order valence-electron chi connectivity index (χ0n) is 9.77. The van der Waals surface area contributed by atoms with E-state index in [2.05, 4.69) is 24.3 Å². The van der Waals surface area contributed by atoms with Crippen LogP contribution in [0.15, 0.2) is 54.1 Å². The summed E-state index contributed by atoms with van der Waals surface area (Å²) in [4.78, 5) is -0.786. The molecule has 1 aliphatic rings. The summed E-state index contributed by atoms with van der Waals surface area (Å²) >= 11 is 6.22. The fourth-order valence-corrected chi connectivity index (χ4v) is 2.23. The lowest BCUT2D eigenvalue weighted by atomic mass is 9.93. The topological polar surface area (TPSA) is 26.0 Å². The standard InChI is InChI=1S/C15H17ClN/c16-15(17)12-5-4-10-14(15)11-6-9-13-7-2-1-3-8-13/h1-5,7-8,10,12H,6,9,11,17H2. The molecule has 1 aromatic rings. The Morgan fingerprint density at radius 3 is 2.53 bits per heavy atom. The zero-order valence-corrected chi connectivity index (χ0v) is 10.5. The summed E-state index contributed by atoms with van der Waals surface area (Å²) in [6.07, 6.45) is 10.8. The summed E-state index contributed by atoms with van der Waals surface area (Å²) in [5.74, 6) is 0. The minimum absolute atomic E-state index is 0.786. The highest BCUT2D eigenvalue weighted by molar-refractivity contribution is 6.26. The second-order valence-electron chi connectivity index (χ2n) is 4.35. The van der Waals surface area contributed by atoms with Gasteiger partial charge in [-0.05, 0) is 30.4 Å². The molecule has 1 atom stereocenters. The van der Waals surface area contributed by atoms with Gasteiger partial charge in [-0.25, -0.2) is 0 Å². The molecule has 0 spiro atoms. The zero-order chi connectivity index (χ0) is 12.1. The van der Waals surface area contributed by atoms with Crippen LogP contribution in [0.1, 0.15) is 18.4 Å². The SMILES string of the molecule is NC1(Cl)[CH]C=CC=C1CCCc1ccccc1. The maximum Gasteiger partial charge on any atom is 0.120 e. The van der Waals surface area contributed by atoms with Crippen LogP contribution in [0.5, 0.6) is 0 Å². The number of benzene rings is 1. The van der Waals surface area contributed by atoms with Gasteiger partial charge in [0.05, 0.1) is 0 Å². The van der Waals surface area contributed by atoms with Crippen molar-refractivity contribution in [3.63, 3.8) is 0 Å². The molecule has 2 rings (SSSR count). The molecule has 0 aromatic heterocycles. The van der Waals surface area contributed by atoms with Crippen molar-refractivity contribution < 1.29 is 0 Å². The number of rotatable bonds is 4. The first-order chi connectivity index (χ1) is 8.18. The Hall–Kier alpha value is -1.05. The van der Waals surface area contributed by atoms with Crippen LogP contribution >= 0.6 is 11.6 Å². The quantitative estimate of drug-likeness (QED) is 0.638. The van der Waals surface area contributed by atoms with Crippen LogP contribution in [-0.2, 0) is 6.42 Å². The third kappa shape index (κ3) is 3.45. The van der Waals surface area contributed by atoms with Crippen molar-refractivity contribution >= 4 is 11.6 Å². The van der Waals surface area contributed by atoms with Gasteiger partial charge in [-0.15, -0.1) is 0 Å². The van der Waals surface area contributed by atoms with E-state index in [1.807, 2.05) is 30.7 Å². The molecule has 1 aliphatic carbocycles. The Morgan fingerprint density at radius 1 is 1.06 bits per heavy atom. The van der Waals surface area contributed by atoms with Gasteiger partial charge in [-0.3, -0.25) is 0 Å². The minimum atomic E-state index is -0.786. The molecule has 0 amide bonds. The molecule has 1 unspecified atom stereocenters. The smallest absolute Gasteiger partial charge is 0.120 e. The first kappa shape index (κ1) is 12.4. The van der Waals surface area contributed by atoms with Gasteiger partial charge >= 0.3 is 0 Å². The van der Waals surface area contributed by atoms with Gasteiger partial charge in [-0.2, -0.15) is 0 Å². The van der Waals surface area contributed by atoms with Crippen LogP contribution < -0.4 is 5.73 Å². The second-order valence-corrected chi connectivity index (χ2v) is 4.98. The van der Waals surface area contributed by atoms with Crippen molar-refractivity contribution in [2.24, 2.45) is 5.73 Å². The number of halogens is 1. The molecule has 1 aromatic carbocycles. The molecule has 89 valence electrons. The van der Waals surface area contributed by atoms with Crippen LogP contribution in [0.4, 0.5) is 0 Å². The van der Waals surface area contributed by atoms with E-state index in [1.54, 1.807) is 0 Å². The third-order valence-corrected chi connectivity index (χ3v) is 3.36. The molecule has 0 saturated heterocycles. The van der Waals surface area contributed by atoms with Gasteiger partial charge in [0.25, 0.3) is 0 Å². The normalized spacial score (nSPS) is 23.5. The van der Waals surface area contributed by atoms with Gasteiger partial charge < -0.3 is 5.73 Å². The number of hydrogen-bond donors (Lipinski definition) is 1. The lowest BCUT2D eigenvalue weighted by Gasteiger charge is -2.26. The molecule has 0 heterocycles. The van der Waals surface area contributed by atoms with E-state index in [0.717, 1.165) is 24.8 Å². The molecule has 0 fully saturated rings. The number of nitrogens with two attached hydrogens (primary N) is 1. The van der Waals surface area contributed by atoms with E-state index in [-0.39, 0.29) is 0 Å². The Kier molecular flexibility index (Phi) is 4.03. The Balaban J connectivity index is 1.87. The molecule has 17 heavy (non-hydrogen) atoms. The van der Waals surface area contributed by atoms with Crippen molar-refractivity contribution in [3.05, 3.63) is 66.1 Å². The number of allylic oxidation sites excluding steroid dienone is 2. The number of aryl methyl sites for hydroxylation is 1. The van der Waals surface area contributed by atoms with Crippen LogP contribution in [0.2, 0.25) is 0 Å². The van der Waals surface area contributed by atoms with E-state index in [0.29, 0.717) is 0 Å². The summed E-state index contributed by atoms with van der Waals surface area (Å²) < 4.78 is 0. The summed E-state index contributed by atoms with van der Waals surface area (Å²) in [7, 11) is 0. The summed E-state index contributed by atoms with van der Waals surface area (Å²) in [6, 6.07) is 10.5. The second kappa shape index (κ2) is 5.52. The van der Waals surface area contributed by atoms with E-state index >= 15 is 0 Å². The Labute approximate surface area is 108 Å². The molecule has 0 aliphatic heterocycles. The van der Waals surface area contributed by atoms with E-state index < -0.39 is 5.00 Å². The van der Waals surface area contributed by atoms with Crippen LogP contribution in [-0.4, -0.2) is 5.00 Å². The van der Waals surface area contributed by atoms with Gasteiger partial charge in [0.2, 0.25) is 0 Å². The van der Waals surface area contributed by atoms with Crippen molar-refractivity contribution in [2.45, 2.75) is 24.3 Å². The van der Waals surface area contributed by atoms with Gasteiger partial charge in [0.1, 0.15) is 5.00 Å². The van der Waals surface area contributed by atoms with Crippen molar-refractivity contribution in [2.75, 3.05) is 0 Å². The predicted octanol–water partition coefficient (Wildman–Crippen LogP) is 3.60. The van der Waals surface area contributed by atoms with Crippen LogP contribution in [0, 0.1) is 6.42 Å². The maximum atomic E-state index is 6.22. The van der Waals surface area contributed by atoms with Crippen molar-refractivity contribution in [1.29, 1.82) is 0 Å². The first-order valence-corrected chi connectivity index (χ1v) is 6.30.